The van der Waals surface area contributed by atoms with Gasteiger partial charge in [0.05, 0.1) is 0 Å². The van der Waals surface area contributed by atoms with Gasteiger partial charge >= 0.3 is 0 Å². The Hall–Kier alpha value is -0.123. The number of unbranched alkanes of at least 4 members (excludes halogenated alkanes) is 1. The van der Waals surface area contributed by atoms with Gasteiger partial charge in [-0.2, -0.15) is 0 Å². The zero-order valence-electron chi connectivity index (χ0n) is 10.8. The molecule has 0 radical (unpaired) electrons. The van der Waals surface area contributed by atoms with Gasteiger partial charge in [0.2, 0.25) is 0 Å². The van der Waals surface area contributed by atoms with E-state index in [1.807, 2.05) is 11.3 Å². The molecule has 1 aromatic heterocycles. The molecule has 1 rings (SSSR count). The second kappa shape index (κ2) is 7.25. The summed E-state index contributed by atoms with van der Waals surface area (Å²) in [5.74, 6) is 0. The van der Waals surface area contributed by atoms with E-state index < -0.39 is 8.32 Å². The molecule has 1 nitrogen and oxygen atoms in total. The van der Waals surface area contributed by atoms with Gasteiger partial charge in [-0.25, -0.2) is 0 Å². The van der Waals surface area contributed by atoms with E-state index in [0.29, 0.717) is 0 Å². The summed E-state index contributed by atoms with van der Waals surface area (Å²) in [6, 6.07) is 5.66. The molecule has 0 atom stereocenters. The zero-order chi connectivity index (χ0) is 11.9. The minimum absolute atomic E-state index is 0.967. The van der Waals surface area contributed by atoms with Crippen LogP contribution in [-0.2, 0) is 10.8 Å². The molecular weight excluding hydrogens is 232 g/mol. The standard InChI is InChI=1S/C13H24OSSi/c1-4-5-10-14-16(2,3)12-7-9-13-8-6-11-15-13/h6,8,11H,4-5,7,9-10,12H2,1-3H3. The van der Waals surface area contributed by atoms with Crippen LogP contribution in [0.4, 0.5) is 0 Å². The second-order valence-electron chi connectivity index (χ2n) is 4.89. The van der Waals surface area contributed by atoms with Crippen molar-refractivity contribution in [3.8, 4) is 0 Å². The molecule has 0 bridgehead atoms. The highest BCUT2D eigenvalue weighted by atomic mass is 32.1. The number of aryl methyl sites for hydroxylation is 1. The molecule has 1 heterocycles. The third kappa shape index (κ3) is 5.82. The Morgan fingerprint density at radius 1 is 1.31 bits per heavy atom. The molecule has 0 aromatic carbocycles. The molecule has 0 aliphatic rings. The maximum Gasteiger partial charge on any atom is 0.186 e. The maximum atomic E-state index is 6.03. The van der Waals surface area contributed by atoms with Gasteiger partial charge in [0, 0.05) is 11.5 Å². The highest BCUT2D eigenvalue weighted by Crippen LogP contribution is 2.18. The van der Waals surface area contributed by atoms with Crippen molar-refractivity contribution in [2.45, 2.75) is 51.7 Å². The fraction of sp³-hybridized carbons (Fsp3) is 0.692. The Labute approximate surface area is 105 Å². The third-order valence-corrected chi connectivity index (χ3v) is 6.25. The summed E-state index contributed by atoms with van der Waals surface area (Å²) in [5.41, 5.74) is 0. The summed E-state index contributed by atoms with van der Waals surface area (Å²) in [5, 5.41) is 2.16. The van der Waals surface area contributed by atoms with Crippen LogP contribution < -0.4 is 0 Å². The monoisotopic (exact) mass is 256 g/mol. The first-order chi connectivity index (χ1) is 7.64. The molecular formula is C13H24OSSi. The average molecular weight is 256 g/mol. The van der Waals surface area contributed by atoms with E-state index in [9.17, 15) is 0 Å². The van der Waals surface area contributed by atoms with Gasteiger partial charge in [-0.05, 0) is 49.8 Å². The lowest BCUT2D eigenvalue weighted by Gasteiger charge is -2.22. The lowest BCUT2D eigenvalue weighted by Crippen LogP contribution is -2.30. The predicted molar refractivity (Wildman–Crippen MR) is 75.8 cm³/mol. The Morgan fingerprint density at radius 3 is 2.75 bits per heavy atom. The molecule has 0 unspecified atom stereocenters. The fourth-order valence-corrected chi connectivity index (χ4v) is 4.33. The topological polar surface area (TPSA) is 9.23 Å². The Balaban J connectivity index is 2.14. The fourth-order valence-electron chi connectivity index (χ4n) is 1.71. The third-order valence-electron chi connectivity index (χ3n) is 2.77. The highest BCUT2D eigenvalue weighted by Gasteiger charge is 2.21. The van der Waals surface area contributed by atoms with Crippen molar-refractivity contribution in [1.82, 2.24) is 0 Å². The number of thiophene rings is 1. The van der Waals surface area contributed by atoms with Gasteiger partial charge in [-0.1, -0.05) is 19.4 Å². The molecule has 0 N–H and O–H groups in total. The molecule has 0 aliphatic carbocycles. The van der Waals surface area contributed by atoms with E-state index >= 15 is 0 Å². The average Bonchev–Trinajstić information content (AvgIpc) is 2.70. The Bertz CT molecular complexity index is 269. The molecule has 16 heavy (non-hydrogen) atoms. The second-order valence-corrected chi connectivity index (χ2v) is 10.2. The van der Waals surface area contributed by atoms with Crippen molar-refractivity contribution in [2.24, 2.45) is 0 Å². The van der Waals surface area contributed by atoms with E-state index in [1.165, 1.54) is 36.6 Å². The largest absolute Gasteiger partial charge is 0.417 e. The first kappa shape index (κ1) is 13.9. The van der Waals surface area contributed by atoms with Crippen LogP contribution in [0.3, 0.4) is 0 Å². The maximum absolute atomic E-state index is 6.03. The first-order valence-electron chi connectivity index (χ1n) is 6.30. The van der Waals surface area contributed by atoms with Gasteiger partial charge in [-0.15, -0.1) is 11.3 Å². The Morgan fingerprint density at radius 2 is 2.12 bits per heavy atom. The smallest absolute Gasteiger partial charge is 0.186 e. The normalized spacial score (nSPS) is 11.9. The summed E-state index contributed by atoms with van der Waals surface area (Å²) in [7, 11) is -1.37. The lowest BCUT2D eigenvalue weighted by molar-refractivity contribution is 0.298. The van der Waals surface area contributed by atoms with Crippen molar-refractivity contribution in [3.05, 3.63) is 22.4 Å². The highest BCUT2D eigenvalue weighted by molar-refractivity contribution is 7.09. The van der Waals surface area contributed by atoms with E-state index in [0.717, 1.165) is 6.61 Å². The van der Waals surface area contributed by atoms with Crippen molar-refractivity contribution in [1.29, 1.82) is 0 Å². The number of hydrogen-bond donors (Lipinski definition) is 0. The summed E-state index contributed by atoms with van der Waals surface area (Å²) in [6.45, 7) is 7.87. The number of rotatable bonds is 8. The molecule has 0 spiro atoms. The summed E-state index contributed by atoms with van der Waals surface area (Å²) < 4.78 is 6.03. The SMILES string of the molecule is CCCCO[Si](C)(C)CCCc1cccs1. The van der Waals surface area contributed by atoms with Crippen molar-refractivity contribution in [2.75, 3.05) is 6.61 Å². The minimum Gasteiger partial charge on any atom is -0.417 e. The predicted octanol–water partition coefficient (Wildman–Crippen LogP) is 4.70. The van der Waals surface area contributed by atoms with E-state index in [4.69, 9.17) is 4.43 Å². The van der Waals surface area contributed by atoms with E-state index in [2.05, 4.69) is 37.5 Å². The molecule has 0 fully saturated rings. The van der Waals surface area contributed by atoms with E-state index in [1.54, 1.807) is 0 Å². The minimum atomic E-state index is -1.37. The molecule has 0 aliphatic heterocycles. The van der Waals surface area contributed by atoms with Crippen molar-refractivity contribution in [3.63, 3.8) is 0 Å². The molecule has 92 valence electrons. The molecule has 0 saturated carbocycles. The van der Waals surface area contributed by atoms with Crippen molar-refractivity contribution < 1.29 is 4.43 Å². The van der Waals surface area contributed by atoms with Crippen LogP contribution >= 0.6 is 11.3 Å². The van der Waals surface area contributed by atoms with Gasteiger partial charge < -0.3 is 4.43 Å². The lowest BCUT2D eigenvalue weighted by atomic mass is 10.3. The number of hydrogen-bond acceptors (Lipinski definition) is 2. The quantitative estimate of drug-likeness (QED) is 0.484. The van der Waals surface area contributed by atoms with Crippen LogP contribution in [0.2, 0.25) is 19.1 Å². The molecule has 1 aromatic rings. The Kier molecular flexibility index (Phi) is 6.32. The summed E-state index contributed by atoms with van der Waals surface area (Å²) in [4.78, 5) is 1.51. The summed E-state index contributed by atoms with van der Waals surface area (Å²) >= 11 is 1.87. The van der Waals surface area contributed by atoms with Crippen molar-refractivity contribution >= 4 is 19.7 Å². The molecule has 3 heteroatoms. The van der Waals surface area contributed by atoms with Crippen LogP contribution in [0.5, 0.6) is 0 Å². The molecule has 0 amide bonds. The van der Waals surface area contributed by atoms with Gasteiger partial charge in [0.25, 0.3) is 0 Å². The van der Waals surface area contributed by atoms with Crippen LogP contribution in [0.1, 0.15) is 31.1 Å². The summed E-state index contributed by atoms with van der Waals surface area (Å²) in [6.07, 6.45) is 4.96. The van der Waals surface area contributed by atoms with Crippen LogP contribution in [0, 0.1) is 0 Å². The molecule has 0 saturated heterocycles. The zero-order valence-corrected chi connectivity index (χ0v) is 12.6. The van der Waals surface area contributed by atoms with Crippen LogP contribution in [0.25, 0.3) is 0 Å². The van der Waals surface area contributed by atoms with E-state index in [-0.39, 0.29) is 0 Å². The van der Waals surface area contributed by atoms with Gasteiger partial charge in [0.15, 0.2) is 8.32 Å². The van der Waals surface area contributed by atoms with Crippen LogP contribution in [-0.4, -0.2) is 14.9 Å². The van der Waals surface area contributed by atoms with Gasteiger partial charge in [0.1, 0.15) is 0 Å². The first-order valence-corrected chi connectivity index (χ1v) is 10.3. The van der Waals surface area contributed by atoms with Crippen LogP contribution in [0.15, 0.2) is 17.5 Å². The van der Waals surface area contributed by atoms with Gasteiger partial charge in [-0.3, -0.25) is 0 Å².